The molecule has 1 aromatic carbocycles. The molecule has 47 heavy (non-hydrogen) atoms. The fourth-order valence-electron chi connectivity index (χ4n) is 5.80. The number of aliphatic carboxylic acids is 1. The number of fused-ring (bicyclic) bond motifs is 1. The number of aromatic hydroxyl groups is 2. The number of sulfone groups is 1. The molecular formula is C30H30N4O12S. The fourth-order valence-corrected chi connectivity index (χ4v) is 8.08. The molecule has 16 nitrogen and oxygen atoms in total. The zero-order chi connectivity index (χ0) is 34.3. The van der Waals surface area contributed by atoms with Gasteiger partial charge in [0.05, 0.1) is 11.3 Å². The Morgan fingerprint density at radius 3 is 2.51 bits per heavy atom. The molecule has 5 rings (SSSR count). The number of carboxylic acid groups (broad SMARTS) is 1. The Kier molecular flexibility index (Phi) is 8.77. The number of carbonyl (C=O) groups is 6. The molecule has 3 amide bonds. The second kappa shape index (κ2) is 12.5. The van der Waals surface area contributed by atoms with Crippen molar-refractivity contribution in [3.8, 4) is 11.5 Å². The summed E-state index contributed by atoms with van der Waals surface area (Å²) < 4.78 is 30.4. The van der Waals surface area contributed by atoms with E-state index in [2.05, 4.69) is 15.6 Å². The molecule has 1 aliphatic carbocycles. The van der Waals surface area contributed by atoms with Crippen molar-refractivity contribution in [1.82, 2.24) is 20.5 Å². The van der Waals surface area contributed by atoms with Crippen molar-refractivity contribution in [2.24, 2.45) is 5.92 Å². The number of aromatic nitrogens is 1. The second-order valence-corrected chi connectivity index (χ2v) is 14.1. The van der Waals surface area contributed by atoms with Crippen LogP contribution in [0.25, 0.3) is 6.08 Å². The van der Waals surface area contributed by atoms with Crippen LogP contribution in [0.1, 0.15) is 47.8 Å². The van der Waals surface area contributed by atoms with E-state index < -0.39 is 73.8 Å². The summed E-state index contributed by atoms with van der Waals surface area (Å²) >= 11 is 0. The van der Waals surface area contributed by atoms with Gasteiger partial charge in [-0.15, -0.1) is 0 Å². The fraction of sp³-hybridized carbons (Fsp3) is 0.367. The van der Waals surface area contributed by atoms with Crippen molar-refractivity contribution in [2.45, 2.75) is 48.9 Å². The van der Waals surface area contributed by atoms with Gasteiger partial charge in [0.2, 0.25) is 0 Å². The third kappa shape index (κ3) is 6.13. The number of rotatable bonds is 9. The Hall–Kier alpha value is -5.32. The predicted molar refractivity (Wildman–Crippen MR) is 159 cm³/mol. The highest BCUT2D eigenvalue weighted by Gasteiger charge is 2.72. The number of carboxylic acids is 1. The van der Waals surface area contributed by atoms with Gasteiger partial charge < -0.3 is 35.6 Å². The summed E-state index contributed by atoms with van der Waals surface area (Å²) in [6.07, 6.45) is 1.94. The quantitative estimate of drug-likeness (QED) is 0.104. The Labute approximate surface area is 267 Å². The van der Waals surface area contributed by atoms with Crippen LogP contribution in [-0.2, 0) is 40.3 Å². The normalized spacial score (nSPS) is 25.6. The van der Waals surface area contributed by atoms with Crippen molar-refractivity contribution in [1.29, 1.82) is 0 Å². The molecule has 5 N–H and O–H groups in total. The lowest BCUT2D eigenvalue weighted by Gasteiger charge is -2.37. The zero-order valence-electron chi connectivity index (χ0n) is 24.8. The van der Waals surface area contributed by atoms with Crippen molar-refractivity contribution >= 4 is 51.4 Å². The highest BCUT2D eigenvalue weighted by atomic mass is 32.2. The zero-order valence-corrected chi connectivity index (χ0v) is 25.7. The lowest BCUT2D eigenvalue weighted by atomic mass is 9.87. The van der Waals surface area contributed by atoms with Crippen LogP contribution in [0, 0.1) is 5.92 Å². The average molecular weight is 671 g/mol. The van der Waals surface area contributed by atoms with Gasteiger partial charge in [-0.05, 0) is 55.2 Å². The minimum absolute atomic E-state index is 0.0401. The number of ether oxygens (including phenoxy) is 1. The molecular weight excluding hydrogens is 640 g/mol. The maximum atomic E-state index is 13.8. The molecule has 1 aromatic heterocycles. The van der Waals surface area contributed by atoms with Crippen LogP contribution in [-0.4, -0.2) is 98.4 Å². The standard InChI is InChI=1S/C30H30N4O12S/c1-30(14-46-29(43)33-13-16-3-5-21(36)23(38)9-16)24(28(41)42)34-26(40)19(27(34)47(30,44)45)11-18-10-17(6-7-31-18)25(39)32-12-15-2-4-20(35)22(37)8-15/h3,5-7,9-11,15,24,27,36,38H,2,4,8,12-14H2,1H3,(H,32,39)(H,33,43)(H,41,42)/t15?,24-,27+,30-/m0/s1. The monoisotopic (exact) mass is 670 g/mol. The average Bonchev–Trinajstić information content (AvgIpc) is 3.19. The number of pyridine rings is 1. The number of benzene rings is 1. The van der Waals surface area contributed by atoms with E-state index in [0.717, 1.165) is 13.0 Å². The molecule has 2 saturated heterocycles. The second-order valence-electron chi connectivity index (χ2n) is 11.7. The van der Waals surface area contributed by atoms with Gasteiger partial charge in [0.15, 0.2) is 44.3 Å². The van der Waals surface area contributed by atoms with E-state index in [0.29, 0.717) is 16.9 Å². The van der Waals surface area contributed by atoms with Gasteiger partial charge in [-0.2, -0.15) is 0 Å². The molecule has 3 heterocycles. The summed E-state index contributed by atoms with van der Waals surface area (Å²) in [4.78, 5) is 78.5. The van der Waals surface area contributed by atoms with Gasteiger partial charge in [-0.3, -0.25) is 24.2 Å². The van der Waals surface area contributed by atoms with Crippen LogP contribution in [0.3, 0.4) is 0 Å². The first-order valence-corrected chi connectivity index (χ1v) is 15.9. The van der Waals surface area contributed by atoms with Crippen LogP contribution in [0.2, 0.25) is 0 Å². The summed E-state index contributed by atoms with van der Waals surface area (Å²) in [6.45, 7) is 0.125. The van der Waals surface area contributed by atoms with Gasteiger partial charge in [-0.25, -0.2) is 18.0 Å². The maximum absolute atomic E-state index is 13.8. The first kappa shape index (κ1) is 33.1. The van der Waals surface area contributed by atoms with Crippen LogP contribution in [0.4, 0.5) is 4.79 Å². The molecule has 2 aliphatic heterocycles. The minimum atomic E-state index is -4.52. The molecule has 2 aromatic rings. The van der Waals surface area contributed by atoms with E-state index in [1.807, 2.05) is 0 Å². The summed E-state index contributed by atoms with van der Waals surface area (Å²) in [5.41, 5.74) is 0.259. The number of nitrogens with one attached hydrogen (secondary N) is 2. The third-order valence-corrected chi connectivity index (χ3v) is 11.2. The number of hydrogen-bond donors (Lipinski definition) is 5. The van der Waals surface area contributed by atoms with Crippen LogP contribution >= 0.6 is 0 Å². The van der Waals surface area contributed by atoms with Crippen LogP contribution in [0.15, 0.2) is 42.1 Å². The van der Waals surface area contributed by atoms with Crippen molar-refractivity contribution in [2.75, 3.05) is 13.2 Å². The topological polar surface area (TPSA) is 247 Å². The lowest BCUT2D eigenvalue weighted by Crippen LogP contribution is -2.59. The summed E-state index contributed by atoms with van der Waals surface area (Å²) in [7, 11) is -4.52. The highest BCUT2D eigenvalue weighted by molar-refractivity contribution is 7.94. The molecule has 0 spiro atoms. The van der Waals surface area contributed by atoms with E-state index in [1.54, 1.807) is 0 Å². The van der Waals surface area contributed by atoms with Crippen molar-refractivity contribution < 1.29 is 57.2 Å². The Morgan fingerprint density at radius 2 is 1.83 bits per heavy atom. The summed E-state index contributed by atoms with van der Waals surface area (Å²) in [5, 5.41) is 32.3. The summed E-state index contributed by atoms with van der Waals surface area (Å²) in [5.74, 6) is -4.94. The molecule has 0 bridgehead atoms. The van der Waals surface area contributed by atoms with E-state index in [9.17, 15) is 52.5 Å². The van der Waals surface area contributed by atoms with E-state index in [-0.39, 0.29) is 54.4 Å². The first-order chi connectivity index (χ1) is 22.1. The van der Waals surface area contributed by atoms with Crippen molar-refractivity contribution in [3.05, 3.63) is 58.9 Å². The highest BCUT2D eigenvalue weighted by Crippen LogP contribution is 2.49. The number of Topliss-reactive ketones (excluding diaryl/α,β-unsaturated/α-hetero) is 2. The smallest absolute Gasteiger partial charge is 0.407 e. The number of hydrogen-bond acceptors (Lipinski definition) is 12. The van der Waals surface area contributed by atoms with Gasteiger partial charge >= 0.3 is 12.1 Å². The number of ketones is 2. The van der Waals surface area contributed by atoms with E-state index >= 15 is 0 Å². The van der Waals surface area contributed by atoms with Crippen LogP contribution < -0.4 is 10.6 Å². The Balaban J connectivity index is 1.28. The number of nitrogens with zero attached hydrogens (tertiary/aromatic N) is 2. The molecule has 3 fully saturated rings. The number of β-lactam (4-membered cyclic amide) rings is 1. The molecule has 1 unspecified atom stereocenters. The van der Waals surface area contributed by atoms with E-state index in [1.165, 1.54) is 36.5 Å². The minimum Gasteiger partial charge on any atom is -0.504 e. The number of amides is 3. The SMILES string of the molecule is C[C@]1(COC(=O)NCc2ccc(O)c(O)c2)[C@H](C(=O)O)N2C(=O)C(=Cc3cc(C(=O)NCC4CCC(=O)C(=O)C4)ccn3)[C@H]2S1(=O)=O. The largest absolute Gasteiger partial charge is 0.504 e. The van der Waals surface area contributed by atoms with Gasteiger partial charge in [0.25, 0.3) is 11.8 Å². The molecule has 0 radical (unpaired) electrons. The Bertz CT molecular complexity index is 1840. The number of phenols is 2. The molecule has 17 heteroatoms. The number of alkyl carbamates (subject to hydrolysis) is 1. The number of carbonyl (C=O) groups excluding carboxylic acids is 5. The molecule has 1 saturated carbocycles. The van der Waals surface area contributed by atoms with Gasteiger partial charge in [-0.1, -0.05) is 6.07 Å². The van der Waals surface area contributed by atoms with Gasteiger partial charge in [0, 0.05) is 37.7 Å². The lowest BCUT2D eigenvalue weighted by molar-refractivity contribution is -0.153. The summed E-state index contributed by atoms with van der Waals surface area (Å²) in [6, 6.07) is 4.59. The molecule has 4 atom stereocenters. The van der Waals surface area contributed by atoms with Gasteiger partial charge in [0.1, 0.15) is 11.4 Å². The molecule has 248 valence electrons. The Morgan fingerprint density at radius 1 is 1.09 bits per heavy atom. The molecule has 3 aliphatic rings. The van der Waals surface area contributed by atoms with Crippen molar-refractivity contribution in [3.63, 3.8) is 0 Å². The van der Waals surface area contributed by atoms with E-state index in [4.69, 9.17) is 4.74 Å². The predicted octanol–water partition coefficient (Wildman–Crippen LogP) is 0.279. The first-order valence-electron chi connectivity index (χ1n) is 14.4. The van der Waals surface area contributed by atoms with Crippen LogP contribution in [0.5, 0.6) is 11.5 Å². The number of phenolic OH excluding ortho intramolecular Hbond substituents is 2. The maximum Gasteiger partial charge on any atom is 0.407 e. The third-order valence-electron chi connectivity index (χ3n) is 8.46.